The molecule has 3 fully saturated rings. The van der Waals surface area contributed by atoms with Gasteiger partial charge in [-0.15, -0.1) is 4.59 Å². The number of carbonyl (C=O) groups is 2. The maximum Gasteiger partial charge on any atom is 0.264 e. The number of fused-ring (bicyclic) bond motifs is 2. The van der Waals surface area contributed by atoms with Gasteiger partial charge >= 0.3 is 0 Å². The van der Waals surface area contributed by atoms with Crippen molar-refractivity contribution in [2.24, 2.45) is 21.7 Å². The molecular formula is C29H30N7O3+. The van der Waals surface area contributed by atoms with Gasteiger partial charge in [0.2, 0.25) is 11.6 Å². The first-order chi connectivity index (χ1) is 19.0. The molecular weight excluding hydrogens is 494 g/mol. The number of amidine groups is 1. The third-order valence-electron chi connectivity index (χ3n) is 8.13. The van der Waals surface area contributed by atoms with E-state index in [1.54, 1.807) is 42.9 Å². The van der Waals surface area contributed by atoms with Gasteiger partial charge in [-0.1, -0.05) is 0 Å². The lowest BCUT2D eigenvalue weighted by Crippen LogP contribution is -2.53. The van der Waals surface area contributed by atoms with Crippen LogP contribution in [0.3, 0.4) is 0 Å². The van der Waals surface area contributed by atoms with Crippen LogP contribution in [0.25, 0.3) is 0 Å². The number of rotatable bonds is 6. The van der Waals surface area contributed by atoms with Crippen molar-refractivity contribution in [3.05, 3.63) is 77.5 Å². The number of pyridine rings is 1. The summed E-state index contributed by atoms with van der Waals surface area (Å²) in [7, 11) is 0. The summed E-state index contributed by atoms with van der Waals surface area (Å²) in [4.78, 5) is 41.0. The molecule has 1 aromatic heterocycles. The number of nitrogens with zero attached hydrogens (tertiary/aromatic N) is 5. The molecule has 0 spiro atoms. The maximum absolute atomic E-state index is 12.9. The van der Waals surface area contributed by atoms with Crippen molar-refractivity contribution in [3.8, 4) is 5.75 Å². The average Bonchev–Trinajstić information content (AvgIpc) is 3.61. The second-order valence-electron chi connectivity index (χ2n) is 10.8. The Balaban J connectivity index is 1.11. The Morgan fingerprint density at radius 3 is 2.77 bits per heavy atom. The van der Waals surface area contributed by atoms with Gasteiger partial charge in [0.1, 0.15) is 23.5 Å². The van der Waals surface area contributed by atoms with Crippen LogP contribution < -0.4 is 15.9 Å². The smallest absolute Gasteiger partial charge is 0.264 e. The van der Waals surface area contributed by atoms with Crippen molar-refractivity contribution in [2.45, 2.75) is 50.7 Å². The van der Waals surface area contributed by atoms with E-state index in [-0.39, 0.29) is 28.4 Å². The summed E-state index contributed by atoms with van der Waals surface area (Å²) < 4.78 is 5.71. The van der Waals surface area contributed by atoms with Crippen LogP contribution in [0.1, 0.15) is 54.4 Å². The number of amides is 2. The monoisotopic (exact) mass is 524 g/mol. The van der Waals surface area contributed by atoms with E-state index in [1.165, 1.54) is 0 Å². The minimum absolute atomic E-state index is 0.0873. The second-order valence-corrected chi connectivity index (χ2v) is 10.8. The molecule has 2 aromatic rings. The number of hydrogen-bond donors (Lipinski definition) is 2. The van der Waals surface area contributed by atoms with Gasteiger partial charge in [0.25, 0.3) is 11.7 Å². The molecule has 2 amide bonds. The quantitative estimate of drug-likeness (QED) is 0.443. The Bertz CT molecular complexity index is 1470. The number of benzene rings is 1. The standard InChI is InChI=1S/C29H29N7O3/c30-36-14-13-31-16-24(36)27(20-5-6-21-7-10-26(37)35(21)17-20)34-28(36)18-1-3-19(4-2-18)29(38)33-25-15-23(11-12-32-25)39-22-8-9-22/h1-4,11-16,20-22H,5-10,17,30H2/p+1/t20-,21+,36?/m1/s1. The van der Waals surface area contributed by atoms with Crippen LogP contribution in [0.2, 0.25) is 0 Å². The molecule has 3 N–H and O–H groups in total. The molecule has 1 unspecified atom stereocenters. The van der Waals surface area contributed by atoms with E-state index < -0.39 is 0 Å². The summed E-state index contributed by atoms with van der Waals surface area (Å²) in [5.41, 5.74) is 3.01. The zero-order valence-corrected chi connectivity index (χ0v) is 21.5. The van der Waals surface area contributed by atoms with Crippen molar-refractivity contribution in [2.75, 3.05) is 11.9 Å². The zero-order valence-electron chi connectivity index (χ0n) is 21.5. The Labute approximate surface area is 226 Å². The number of aliphatic imine (C=N–C) groups is 2. The predicted octanol–water partition coefficient (Wildman–Crippen LogP) is 3.49. The Morgan fingerprint density at radius 1 is 1.10 bits per heavy atom. The first-order valence-corrected chi connectivity index (χ1v) is 13.5. The van der Waals surface area contributed by atoms with E-state index in [0.29, 0.717) is 42.0 Å². The van der Waals surface area contributed by atoms with Gasteiger partial charge in [-0.25, -0.2) is 4.98 Å². The molecule has 7 rings (SSSR count). The number of hydrogen-bond acceptors (Lipinski definition) is 7. The first-order valence-electron chi connectivity index (χ1n) is 13.5. The van der Waals surface area contributed by atoms with Crippen molar-refractivity contribution in [1.29, 1.82) is 0 Å². The van der Waals surface area contributed by atoms with E-state index in [2.05, 4.69) is 15.3 Å². The largest absolute Gasteiger partial charge is 0.490 e. The number of carbonyl (C=O) groups excluding carboxylic acids is 2. The van der Waals surface area contributed by atoms with E-state index >= 15 is 0 Å². The van der Waals surface area contributed by atoms with Gasteiger partial charge in [0.15, 0.2) is 0 Å². The molecule has 39 heavy (non-hydrogen) atoms. The topological polar surface area (TPSA) is 122 Å². The minimum atomic E-state index is -0.265. The zero-order chi connectivity index (χ0) is 26.6. The lowest BCUT2D eigenvalue weighted by Gasteiger charge is -2.35. The van der Waals surface area contributed by atoms with Crippen LogP contribution in [-0.4, -0.2) is 57.0 Å². The average molecular weight is 525 g/mol. The Hall–Kier alpha value is -4.15. The van der Waals surface area contributed by atoms with Crippen LogP contribution in [0.4, 0.5) is 5.82 Å². The molecule has 1 aromatic carbocycles. The number of anilines is 1. The SMILES string of the molecule is N[N+]12C=CN=CC1=C([C@@H]1CC[C@H]3CCC(=O)N3C1)N=C2c1ccc(C(=O)Nc2cc(OC3CC3)ccn2)cc1. The number of piperidine rings is 1. The number of nitrogens with two attached hydrogens (primary N) is 1. The van der Waals surface area contributed by atoms with Crippen LogP contribution >= 0.6 is 0 Å². The molecule has 1 saturated carbocycles. The highest BCUT2D eigenvalue weighted by atomic mass is 16.5. The van der Waals surface area contributed by atoms with Gasteiger partial charge in [-0.3, -0.25) is 14.6 Å². The molecule has 0 radical (unpaired) electrons. The van der Waals surface area contributed by atoms with Crippen LogP contribution in [0, 0.1) is 5.92 Å². The Kier molecular flexibility index (Phi) is 5.67. The summed E-state index contributed by atoms with van der Waals surface area (Å²) in [6.45, 7) is 0.663. The molecule has 0 bridgehead atoms. The highest BCUT2D eigenvalue weighted by molar-refractivity contribution is 6.05. The third-order valence-corrected chi connectivity index (χ3v) is 8.13. The number of ether oxygens (including phenoxy) is 1. The minimum Gasteiger partial charge on any atom is -0.490 e. The maximum atomic E-state index is 12.9. The van der Waals surface area contributed by atoms with Crippen LogP contribution in [-0.2, 0) is 4.79 Å². The fourth-order valence-corrected chi connectivity index (χ4v) is 5.89. The van der Waals surface area contributed by atoms with Crippen molar-refractivity contribution < 1.29 is 18.9 Å². The van der Waals surface area contributed by atoms with E-state index in [0.717, 1.165) is 49.1 Å². The van der Waals surface area contributed by atoms with Gasteiger partial charge < -0.3 is 15.0 Å². The molecule has 1 aliphatic carbocycles. The van der Waals surface area contributed by atoms with E-state index in [1.807, 2.05) is 23.2 Å². The molecule has 2 saturated heterocycles. The van der Waals surface area contributed by atoms with Gasteiger partial charge in [0.05, 0.1) is 24.1 Å². The normalized spacial score (nSPS) is 27.4. The van der Waals surface area contributed by atoms with Gasteiger partial charge in [-0.2, -0.15) is 10.8 Å². The van der Waals surface area contributed by atoms with Crippen LogP contribution in [0.5, 0.6) is 5.75 Å². The first kappa shape index (κ1) is 23.9. The summed E-state index contributed by atoms with van der Waals surface area (Å²) in [5.74, 6) is 8.79. The van der Waals surface area contributed by atoms with Crippen LogP contribution in [0.15, 0.2) is 76.4 Å². The number of allylic oxidation sites excluding steroid dienone is 1. The molecule has 10 nitrogen and oxygen atoms in total. The summed E-state index contributed by atoms with van der Waals surface area (Å²) >= 11 is 0. The number of aromatic nitrogens is 1. The molecule has 10 heteroatoms. The fraction of sp³-hybridized carbons (Fsp3) is 0.345. The predicted molar refractivity (Wildman–Crippen MR) is 145 cm³/mol. The van der Waals surface area contributed by atoms with Gasteiger partial charge in [0, 0.05) is 42.8 Å². The van der Waals surface area contributed by atoms with Crippen molar-refractivity contribution >= 4 is 29.7 Å². The number of quaternary nitrogens is 1. The summed E-state index contributed by atoms with van der Waals surface area (Å²) in [6, 6.07) is 11.1. The van der Waals surface area contributed by atoms with Crippen molar-refractivity contribution in [3.63, 3.8) is 0 Å². The summed E-state index contributed by atoms with van der Waals surface area (Å²) in [6.07, 6.45) is 12.8. The second kappa shape index (κ2) is 9.25. The summed E-state index contributed by atoms with van der Waals surface area (Å²) in [5, 5.41) is 2.85. The fourth-order valence-electron chi connectivity index (χ4n) is 5.89. The number of nitrogens with one attached hydrogen (secondary N) is 1. The van der Waals surface area contributed by atoms with E-state index in [4.69, 9.17) is 15.6 Å². The lowest BCUT2D eigenvalue weighted by atomic mass is 9.90. The third kappa shape index (κ3) is 4.35. The Morgan fingerprint density at radius 2 is 1.95 bits per heavy atom. The lowest BCUT2D eigenvalue weighted by molar-refractivity contribution is -0.750. The molecule has 5 aliphatic rings. The van der Waals surface area contributed by atoms with Crippen molar-refractivity contribution in [1.82, 2.24) is 9.88 Å². The molecule has 198 valence electrons. The highest BCUT2D eigenvalue weighted by Crippen LogP contribution is 2.40. The molecule has 4 aliphatic heterocycles. The van der Waals surface area contributed by atoms with Gasteiger partial charge in [-0.05, 0) is 62.4 Å². The molecule has 3 atom stereocenters. The highest BCUT2D eigenvalue weighted by Gasteiger charge is 2.47. The van der Waals surface area contributed by atoms with E-state index in [9.17, 15) is 9.59 Å². The molecule has 5 heterocycles.